The van der Waals surface area contributed by atoms with Crippen molar-refractivity contribution < 1.29 is 4.79 Å². The van der Waals surface area contributed by atoms with Gasteiger partial charge in [0.2, 0.25) is 5.91 Å². The summed E-state index contributed by atoms with van der Waals surface area (Å²) in [6.07, 6.45) is 5.92. The van der Waals surface area contributed by atoms with E-state index in [4.69, 9.17) is 0 Å². The molecule has 2 aliphatic heterocycles. The number of nitrogens with one attached hydrogen (secondary N) is 1. The van der Waals surface area contributed by atoms with Crippen molar-refractivity contribution in [1.29, 1.82) is 0 Å². The van der Waals surface area contributed by atoms with Crippen LogP contribution < -0.4 is 5.32 Å². The van der Waals surface area contributed by atoms with E-state index in [0.717, 1.165) is 32.4 Å². The highest BCUT2D eigenvalue weighted by Crippen LogP contribution is 2.22. The van der Waals surface area contributed by atoms with Gasteiger partial charge in [-0.3, -0.25) is 10.1 Å². The zero-order valence-corrected chi connectivity index (χ0v) is 12.7. The molecule has 0 saturated carbocycles. The second kappa shape index (κ2) is 6.71. The van der Waals surface area contributed by atoms with Crippen LogP contribution in [0.25, 0.3) is 0 Å². The van der Waals surface area contributed by atoms with Gasteiger partial charge < -0.3 is 9.80 Å². The molecular weight excluding hydrogens is 238 g/mol. The quantitative estimate of drug-likeness (QED) is 0.823. The Balaban J connectivity index is 1.96. The molecule has 3 unspecified atom stereocenters. The van der Waals surface area contributed by atoms with Crippen LogP contribution in [0, 0.1) is 5.92 Å². The fraction of sp³-hybridized carbons (Fsp3) is 0.933. The van der Waals surface area contributed by atoms with Crippen LogP contribution >= 0.6 is 0 Å². The number of piperidine rings is 1. The maximum atomic E-state index is 12.4. The summed E-state index contributed by atoms with van der Waals surface area (Å²) < 4.78 is 0. The zero-order valence-electron chi connectivity index (χ0n) is 12.7. The molecule has 2 rings (SSSR count). The third-order valence-corrected chi connectivity index (χ3v) is 4.50. The van der Waals surface area contributed by atoms with E-state index >= 15 is 0 Å². The van der Waals surface area contributed by atoms with Gasteiger partial charge >= 0.3 is 0 Å². The van der Waals surface area contributed by atoms with E-state index in [2.05, 4.69) is 36.0 Å². The number of hydrogen-bond acceptors (Lipinski definition) is 3. The lowest BCUT2D eigenvalue weighted by atomic mass is 9.97. The summed E-state index contributed by atoms with van der Waals surface area (Å²) in [6.45, 7) is 7.57. The van der Waals surface area contributed by atoms with Crippen LogP contribution in [-0.2, 0) is 4.79 Å². The molecule has 3 atom stereocenters. The van der Waals surface area contributed by atoms with Gasteiger partial charge in [-0.05, 0) is 45.2 Å². The van der Waals surface area contributed by atoms with Gasteiger partial charge in [0.15, 0.2) is 0 Å². The Hall–Kier alpha value is -0.610. The molecule has 0 spiro atoms. The maximum Gasteiger partial charge on any atom is 0.241 e. The Morgan fingerprint density at radius 1 is 1.37 bits per heavy atom. The van der Waals surface area contributed by atoms with Crippen LogP contribution in [0.1, 0.15) is 46.0 Å². The van der Waals surface area contributed by atoms with Crippen molar-refractivity contribution in [1.82, 2.24) is 15.1 Å². The average Bonchev–Trinajstić information content (AvgIpc) is 2.68. The number of nitrogens with zero attached hydrogens (tertiary/aromatic N) is 2. The van der Waals surface area contributed by atoms with E-state index in [1.54, 1.807) is 0 Å². The second-order valence-electron chi connectivity index (χ2n) is 6.19. The Bertz CT molecular complexity index is 308. The normalized spacial score (nSPS) is 33.1. The molecule has 1 amide bonds. The molecule has 2 saturated heterocycles. The highest BCUT2D eigenvalue weighted by Gasteiger charge is 2.38. The van der Waals surface area contributed by atoms with Crippen LogP contribution in [0.3, 0.4) is 0 Å². The fourth-order valence-electron chi connectivity index (χ4n) is 3.47. The zero-order chi connectivity index (χ0) is 13.8. The molecule has 4 nitrogen and oxygen atoms in total. The first kappa shape index (κ1) is 14.8. The molecule has 0 aliphatic carbocycles. The molecule has 0 aromatic carbocycles. The molecule has 1 N–H and O–H groups in total. The summed E-state index contributed by atoms with van der Waals surface area (Å²) in [4.78, 5) is 17.0. The summed E-state index contributed by atoms with van der Waals surface area (Å²) >= 11 is 0. The van der Waals surface area contributed by atoms with Crippen molar-refractivity contribution in [3.05, 3.63) is 0 Å². The predicted octanol–water partition coefficient (Wildman–Crippen LogP) is 1.66. The summed E-state index contributed by atoms with van der Waals surface area (Å²) in [5.41, 5.74) is 0. The lowest BCUT2D eigenvalue weighted by Crippen LogP contribution is -2.44. The smallest absolute Gasteiger partial charge is 0.241 e. The molecule has 2 aliphatic rings. The number of amides is 1. The van der Waals surface area contributed by atoms with Crippen LogP contribution in [0.5, 0.6) is 0 Å². The molecule has 2 fully saturated rings. The van der Waals surface area contributed by atoms with Crippen molar-refractivity contribution >= 4 is 5.91 Å². The Labute approximate surface area is 117 Å². The fourth-order valence-corrected chi connectivity index (χ4v) is 3.47. The summed E-state index contributed by atoms with van der Waals surface area (Å²) in [7, 11) is 2.19. The molecule has 0 aromatic heterocycles. The summed E-state index contributed by atoms with van der Waals surface area (Å²) in [5.74, 6) is 0.980. The third-order valence-electron chi connectivity index (χ3n) is 4.50. The van der Waals surface area contributed by atoms with E-state index in [1.165, 1.54) is 19.4 Å². The topological polar surface area (TPSA) is 35.6 Å². The molecule has 0 radical (unpaired) electrons. The minimum Gasteiger partial charge on any atom is -0.325 e. The highest BCUT2D eigenvalue weighted by atomic mass is 16.2. The molecule has 4 heteroatoms. The summed E-state index contributed by atoms with van der Waals surface area (Å²) in [5, 5.41) is 3.50. The molecule has 0 bridgehead atoms. The number of hydrogen-bond donors (Lipinski definition) is 1. The van der Waals surface area contributed by atoms with Crippen molar-refractivity contribution in [3.8, 4) is 0 Å². The van der Waals surface area contributed by atoms with E-state index in [0.29, 0.717) is 11.8 Å². The Morgan fingerprint density at radius 2 is 2.16 bits per heavy atom. The van der Waals surface area contributed by atoms with Crippen molar-refractivity contribution in [2.24, 2.45) is 5.92 Å². The highest BCUT2D eigenvalue weighted by molar-refractivity contribution is 5.84. The first-order chi connectivity index (χ1) is 9.15. The van der Waals surface area contributed by atoms with E-state index < -0.39 is 0 Å². The van der Waals surface area contributed by atoms with Gasteiger partial charge in [-0.15, -0.1) is 0 Å². The van der Waals surface area contributed by atoms with Gasteiger partial charge in [0, 0.05) is 13.1 Å². The van der Waals surface area contributed by atoms with E-state index in [9.17, 15) is 4.79 Å². The Morgan fingerprint density at radius 3 is 2.79 bits per heavy atom. The standard InChI is InChI=1S/C15H29N3O/c1-4-7-14-16-13(5-2)15(19)18(14)11-12-8-6-9-17(3)10-12/h12-14,16H,4-11H2,1-3H3. The molecule has 110 valence electrons. The minimum absolute atomic E-state index is 0.0536. The molecule has 2 heterocycles. The van der Waals surface area contributed by atoms with Crippen molar-refractivity contribution in [3.63, 3.8) is 0 Å². The molecule has 0 aromatic rings. The molecular formula is C15H29N3O. The van der Waals surface area contributed by atoms with E-state index in [1.807, 2.05) is 0 Å². The lowest BCUT2D eigenvalue weighted by molar-refractivity contribution is -0.131. The van der Waals surface area contributed by atoms with Gasteiger partial charge in [0.25, 0.3) is 0 Å². The monoisotopic (exact) mass is 267 g/mol. The summed E-state index contributed by atoms with van der Waals surface area (Å²) in [6, 6.07) is 0.0536. The molecule has 19 heavy (non-hydrogen) atoms. The number of carbonyl (C=O) groups is 1. The third kappa shape index (κ3) is 3.48. The van der Waals surface area contributed by atoms with E-state index in [-0.39, 0.29) is 12.2 Å². The average molecular weight is 267 g/mol. The minimum atomic E-state index is 0.0536. The van der Waals surface area contributed by atoms with Crippen LogP contribution in [0.2, 0.25) is 0 Å². The largest absolute Gasteiger partial charge is 0.325 e. The van der Waals surface area contributed by atoms with Gasteiger partial charge in [-0.2, -0.15) is 0 Å². The van der Waals surface area contributed by atoms with Gasteiger partial charge in [-0.25, -0.2) is 0 Å². The van der Waals surface area contributed by atoms with Gasteiger partial charge in [-0.1, -0.05) is 20.3 Å². The predicted molar refractivity (Wildman–Crippen MR) is 77.8 cm³/mol. The van der Waals surface area contributed by atoms with Crippen LogP contribution in [-0.4, -0.2) is 54.6 Å². The van der Waals surface area contributed by atoms with Crippen LogP contribution in [0.4, 0.5) is 0 Å². The first-order valence-electron chi connectivity index (χ1n) is 7.90. The Kier molecular flexibility index (Phi) is 5.22. The lowest BCUT2D eigenvalue weighted by Gasteiger charge is -2.34. The SMILES string of the molecule is CCCC1NC(CC)C(=O)N1CC1CCCN(C)C1. The first-order valence-corrected chi connectivity index (χ1v) is 7.90. The van der Waals surface area contributed by atoms with Crippen molar-refractivity contribution in [2.75, 3.05) is 26.7 Å². The van der Waals surface area contributed by atoms with Gasteiger partial charge in [0.1, 0.15) is 0 Å². The number of likely N-dealkylation sites (tertiary alicyclic amines) is 1. The van der Waals surface area contributed by atoms with Gasteiger partial charge in [0.05, 0.1) is 12.2 Å². The number of rotatable bonds is 5. The van der Waals surface area contributed by atoms with Crippen molar-refractivity contribution in [2.45, 2.75) is 58.2 Å². The second-order valence-corrected chi connectivity index (χ2v) is 6.19. The number of carbonyl (C=O) groups excluding carboxylic acids is 1. The maximum absolute atomic E-state index is 12.4. The van der Waals surface area contributed by atoms with Crippen LogP contribution in [0.15, 0.2) is 0 Å².